The Morgan fingerprint density at radius 2 is 1.74 bits per heavy atom. The van der Waals surface area contributed by atoms with Crippen molar-refractivity contribution in [2.75, 3.05) is 18.4 Å². The van der Waals surface area contributed by atoms with E-state index in [9.17, 15) is 9.59 Å². The molecular formula is C26H34ClN5O2. The summed E-state index contributed by atoms with van der Waals surface area (Å²) in [6.45, 7) is 4.60. The molecule has 182 valence electrons. The van der Waals surface area contributed by atoms with Crippen molar-refractivity contribution in [3.63, 3.8) is 0 Å². The standard InChI is InChI=1S/C26H33N5O2.ClH/c1-26(2,27)25(33)30-23(16-18-17-28-22-11-7-6-10-21(18)22)24(32)31-14-12-20(13-15-31)29-19-8-4-3-5-9-19;/h3-11,17,20,23,28-29H,12-16,27H2,1-2H3,(H,30,33);1H/t23-;/m1./s1. The van der Waals surface area contributed by atoms with Gasteiger partial charge < -0.3 is 26.3 Å². The van der Waals surface area contributed by atoms with Gasteiger partial charge in [-0.2, -0.15) is 0 Å². The zero-order valence-corrected chi connectivity index (χ0v) is 20.5. The molecule has 7 nitrogen and oxygen atoms in total. The Kier molecular flexibility index (Phi) is 8.23. The van der Waals surface area contributed by atoms with E-state index >= 15 is 0 Å². The van der Waals surface area contributed by atoms with Crippen molar-refractivity contribution in [3.05, 3.63) is 66.4 Å². The average molecular weight is 484 g/mol. The Balaban J connectivity index is 0.00000324. The summed E-state index contributed by atoms with van der Waals surface area (Å²) in [6.07, 6.45) is 4.04. The van der Waals surface area contributed by atoms with E-state index in [-0.39, 0.29) is 24.2 Å². The van der Waals surface area contributed by atoms with Crippen molar-refractivity contribution in [2.45, 2.75) is 50.7 Å². The number of hydrogen-bond donors (Lipinski definition) is 4. The van der Waals surface area contributed by atoms with Crippen LogP contribution >= 0.6 is 12.4 Å². The number of amides is 2. The third-order valence-corrected chi connectivity index (χ3v) is 6.24. The fraction of sp³-hybridized carbons (Fsp3) is 0.385. The number of H-pyrrole nitrogens is 1. The van der Waals surface area contributed by atoms with Crippen LogP contribution < -0.4 is 16.4 Å². The quantitative estimate of drug-likeness (QED) is 0.413. The van der Waals surface area contributed by atoms with E-state index < -0.39 is 11.6 Å². The summed E-state index contributed by atoms with van der Waals surface area (Å²) in [4.78, 5) is 31.3. The Morgan fingerprint density at radius 3 is 2.41 bits per heavy atom. The lowest BCUT2D eigenvalue weighted by atomic mass is 9.99. The van der Waals surface area contributed by atoms with E-state index in [1.54, 1.807) is 13.8 Å². The number of para-hydroxylation sites is 2. The molecule has 0 aliphatic carbocycles. The number of nitrogens with two attached hydrogens (primary N) is 1. The second kappa shape index (κ2) is 10.9. The van der Waals surface area contributed by atoms with Crippen molar-refractivity contribution < 1.29 is 9.59 Å². The number of nitrogens with zero attached hydrogens (tertiary/aromatic N) is 1. The van der Waals surface area contributed by atoms with E-state index in [1.807, 2.05) is 53.6 Å². The van der Waals surface area contributed by atoms with Crippen LogP contribution in [0.1, 0.15) is 32.3 Å². The van der Waals surface area contributed by atoms with Gasteiger partial charge in [-0.3, -0.25) is 9.59 Å². The number of halogens is 1. The van der Waals surface area contributed by atoms with Gasteiger partial charge in [-0.15, -0.1) is 12.4 Å². The summed E-state index contributed by atoms with van der Waals surface area (Å²) in [5.74, 6) is -0.391. The lowest BCUT2D eigenvalue weighted by molar-refractivity contribution is -0.138. The highest BCUT2D eigenvalue weighted by Gasteiger charge is 2.33. The Labute approximate surface area is 206 Å². The summed E-state index contributed by atoms with van der Waals surface area (Å²) in [5.41, 5.74) is 8.05. The molecule has 1 fully saturated rings. The van der Waals surface area contributed by atoms with Crippen LogP contribution in [-0.2, 0) is 16.0 Å². The van der Waals surface area contributed by atoms with Gasteiger partial charge in [-0.25, -0.2) is 0 Å². The van der Waals surface area contributed by atoms with Crippen molar-refractivity contribution in [2.24, 2.45) is 5.73 Å². The second-order valence-corrected chi connectivity index (χ2v) is 9.42. The smallest absolute Gasteiger partial charge is 0.245 e. The molecule has 1 saturated heterocycles. The Hall–Kier alpha value is -3.03. The first-order valence-corrected chi connectivity index (χ1v) is 11.6. The minimum Gasteiger partial charge on any atom is -0.382 e. The van der Waals surface area contributed by atoms with Crippen molar-refractivity contribution >= 4 is 40.8 Å². The number of likely N-dealkylation sites (tertiary alicyclic amines) is 1. The molecule has 0 radical (unpaired) electrons. The van der Waals surface area contributed by atoms with Gasteiger partial charge in [0.15, 0.2) is 0 Å². The maximum absolute atomic E-state index is 13.5. The van der Waals surface area contributed by atoms with Gasteiger partial charge in [0.05, 0.1) is 5.54 Å². The number of carbonyl (C=O) groups excluding carboxylic acids is 2. The highest BCUT2D eigenvalue weighted by molar-refractivity contribution is 5.92. The normalized spacial score (nSPS) is 15.4. The third kappa shape index (κ3) is 6.10. The molecule has 1 aliphatic rings. The van der Waals surface area contributed by atoms with E-state index in [4.69, 9.17) is 5.73 Å². The summed E-state index contributed by atoms with van der Waals surface area (Å²) in [7, 11) is 0. The first-order chi connectivity index (χ1) is 15.8. The van der Waals surface area contributed by atoms with Crippen LogP contribution in [-0.4, -0.2) is 52.4 Å². The molecule has 0 bridgehead atoms. The number of anilines is 1. The third-order valence-electron chi connectivity index (χ3n) is 6.24. The maximum atomic E-state index is 13.5. The number of aromatic nitrogens is 1. The Bertz CT molecular complexity index is 1100. The monoisotopic (exact) mass is 483 g/mol. The molecule has 2 heterocycles. The minimum absolute atomic E-state index is 0. The topological polar surface area (TPSA) is 103 Å². The van der Waals surface area contributed by atoms with Crippen molar-refractivity contribution in [1.29, 1.82) is 0 Å². The van der Waals surface area contributed by atoms with Crippen molar-refractivity contribution in [3.8, 4) is 0 Å². The van der Waals surface area contributed by atoms with Crippen LogP contribution in [0.5, 0.6) is 0 Å². The zero-order chi connectivity index (χ0) is 23.4. The molecule has 0 unspecified atom stereocenters. The lowest BCUT2D eigenvalue weighted by Crippen LogP contribution is -2.58. The summed E-state index contributed by atoms with van der Waals surface area (Å²) in [5, 5.41) is 7.53. The van der Waals surface area contributed by atoms with Crippen LogP contribution in [0, 0.1) is 0 Å². The van der Waals surface area contributed by atoms with Gasteiger partial charge in [0.25, 0.3) is 0 Å². The van der Waals surface area contributed by atoms with E-state index in [0.717, 1.165) is 35.0 Å². The first kappa shape index (κ1) is 25.6. The van der Waals surface area contributed by atoms with E-state index in [0.29, 0.717) is 25.6 Å². The molecule has 0 saturated carbocycles. The summed E-state index contributed by atoms with van der Waals surface area (Å²) >= 11 is 0. The number of benzene rings is 2. The molecule has 2 amide bonds. The highest BCUT2D eigenvalue weighted by atomic mass is 35.5. The van der Waals surface area contributed by atoms with Gasteiger partial charge in [-0.1, -0.05) is 36.4 Å². The lowest BCUT2D eigenvalue weighted by Gasteiger charge is -2.35. The fourth-order valence-corrected chi connectivity index (χ4v) is 4.30. The molecule has 5 N–H and O–H groups in total. The molecule has 34 heavy (non-hydrogen) atoms. The van der Waals surface area contributed by atoms with E-state index in [1.165, 1.54) is 0 Å². The molecule has 1 aromatic heterocycles. The van der Waals surface area contributed by atoms with Crippen LogP contribution in [0.2, 0.25) is 0 Å². The summed E-state index contributed by atoms with van der Waals surface area (Å²) in [6, 6.07) is 17.8. The molecule has 1 atom stereocenters. The average Bonchev–Trinajstić information content (AvgIpc) is 3.21. The Morgan fingerprint density at radius 1 is 1.09 bits per heavy atom. The number of carbonyl (C=O) groups is 2. The van der Waals surface area contributed by atoms with Crippen LogP contribution in [0.15, 0.2) is 60.8 Å². The predicted molar refractivity (Wildman–Crippen MR) is 139 cm³/mol. The van der Waals surface area contributed by atoms with Gasteiger partial charge in [-0.05, 0) is 50.5 Å². The van der Waals surface area contributed by atoms with Gasteiger partial charge in [0, 0.05) is 48.3 Å². The van der Waals surface area contributed by atoms with Crippen LogP contribution in [0.4, 0.5) is 5.69 Å². The van der Waals surface area contributed by atoms with Gasteiger partial charge in [0.2, 0.25) is 11.8 Å². The number of fused-ring (bicyclic) bond motifs is 1. The second-order valence-electron chi connectivity index (χ2n) is 9.42. The zero-order valence-electron chi connectivity index (χ0n) is 19.7. The minimum atomic E-state index is -1.06. The van der Waals surface area contributed by atoms with Crippen LogP contribution in [0.25, 0.3) is 10.9 Å². The van der Waals surface area contributed by atoms with Gasteiger partial charge in [0.1, 0.15) is 6.04 Å². The number of piperidine rings is 1. The maximum Gasteiger partial charge on any atom is 0.245 e. The molecule has 0 spiro atoms. The number of aromatic amines is 1. The molecular weight excluding hydrogens is 450 g/mol. The number of nitrogens with one attached hydrogen (secondary N) is 3. The largest absolute Gasteiger partial charge is 0.382 e. The molecule has 4 rings (SSSR count). The highest BCUT2D eigenvalue weighted by Crippen LogP contribution is 2.22. The number of hydrogen-bond acceptors (Lipinski definition) is 4. The summed E-state index contributed by atoms with van der Waals surface area (Å²) < 4.78 is 0. The predicted octanol–water partition coefficient (Wildman–Crippen LogP) is 3.46. The van der Waals surface area contributed by atoms with Crippen LogP contribution in [0.3, 0.4) is 0 Å². The number of rotatable bonds is 7. The SMILES string of the molecule is CC(C)(N)C(=O)N[C@H](Cc1c[nH]c2ccccc12)C(=O)N1CCC(Nc2ccccc2)CC1.Cl. The molecule has 1 aliphatic heterocycles. The fourth-order valence-electron chi connectivity index (χ4n) is 4.30. The van der Waals surface area contributed by atoms with Gasteiger partial charge >= 0.3 is 0 Å². The molecule has 2 aromatic carbocycles. The molecule has 3 aromatic rings. The van der Waals surface area contributed by atoms with E-state index in [2.05, 4.69) is 27.8 Å². The first-order valence-electron chi connectivity index (χ1n) is 11.6. The molecule has 8 heteroatoms. The van der Waals surface area contributed by atoms with Crippen molar-refractivity contribution in [1.82, 2.24) is 15.2 Å².